The number of amides is 2. The molecule has 9 nitrogen and oxygen atoms in total. The minimum absolute atomic E-state index is 0.00272. The van der Waals surface area contributed by atoms with Gasteiger partial charge in [-0.1, -0.05) is 48.5 Å². The fourth-order valence-electron chi connectivity index (χ4n) is 5.15. The van der Waals surface area contributed by atoms with Crippen LogP contribution in [0.25, 0.3) is 27.6 Å². The molecule has 0 spiro atoms. The van der Waals surface area contributed by atoms with Crippen LogP contribution in [0.5, 0.6) is 0 Å². The van der Waals surface area contributed by atoms with E-state index in [-0.39, 0.29) is 18.1 Å². The lowest BCUT2D eigenvalue weighted by Crippen LogP contribution is -2.59. The SMILES string of the molecule is CC(Nc1nccc(-n2cnc3ccccc32)n1)C1CN(C(=O)Nc2cccc3ccccc23)CCN1C. The molecule has 3 aromatic carbocycles. The van der Waals surface area contributed by atoms with Crippen LogP contribution in [0.1, 0.15) is 6.92 Å². The number of likely N-dealkylation sites (N-methyl/N-ethyl adjacent to an activating group) is 1. The van der Waals surface area contributed by atoms with Crippen LogP contribution < -0.4 is 10.6 Å². The zero-order valence-corrected chi connectivity index (χ0v) is 21.5. The Morgan fingerprint density at radius 1 is 0.974 bits per heavy atom. The summed E-state index contributed by atoms with van der Waals surface area (Å²) < 4.78 is 1.96. The molecule has 0 saturated carbocycles. The van der Waals surface area contributed by atoms with Crippen LogP contribution in [0.3, 0.4) is 0 Å². The van der Waals surface area contributed by atoms with Gasteiger partial charge in [0, 0.05) is 43.3 Å². The largest absolute Gasteiger partial charge is 0.350 e. The van der Waals surface area contributed by atoms with Gasteiger partial charge in [-0.25, -0.2) is 14.8 Å². The molecule has 9 heteroatoms. The minimum atomic E-state index is -0.0862. The summed E-state index contributed by atoms with van der Waals surface area (Å²) >= 11 is 0. The monoisotopic (exact) mass is 506 g/mol. The van der Waals surface area contributed by atoms with Gasteiger partial charge in [0.25, 0.3) is 0 Å². The van der Waals surface area contributed by atoms with Crippen LogP contribution in [0.4, 0.5) is 16.4 Å². The number of carbonyl (C=O) groups is 1. The lowest BCUT2D eigenvalue weighted by molar-refractivity contribution is 0.108. The van der Waals surface area contributed by atoms with E-state index in [1.807, 2.05) is 70.1 Å². The Morgan fingerprint density at radius 3 is 2.71 bits per heavy atom. The quantitative estimate of drug-likeness (QED) is 0.362. The number of anilines is 2. The first-order valence-corrected chi connectivity index (χ1v) is 12.8. The number of rotatable bonds is 5. The Kier molecular flexibility index (Phi) is 6.35. The predicted molar refractivity (Wildman–Crippen MR) is 151 cm³/mol. The van der Waals surface area contributed by atoms with Gasteiger partial charge in [-0.2, -0.15) is 4.98 Å². The Labute approximate surface area is 221 Å². The first-order chi connectivity index (χ1) is 18.6. The Morgan fingerprint density at radius 2 is 1.79 bits per heavy atom. The molecule has 1 fully saturated rings. The number of aromatic nitrogens is 4. The van der Waals surface area contributed by atoms with E-state index >= 15 is 0 Å². The fourth-order valence-corrected chi connectivity index (χ4v) is 5.15. The molecular weight excluding hydrogens is 476 g/mol. The number of nitrogens with zero attached hydrogens (tertiary/aromatic N) is 6. The van der Waals surface area contributed by atoms with Gasteiger partial charge >= 0.3 is 6.03 Å². The average Bonchev–Trinajstić information content (AvgIpc) is 3.38. The molecule has 38 heavy (non-hydrogen) atoms. The van der Waals surface area contributed by atoms with E-state index in [0.29, 0.717) is 19.0 Å². The lowest BCUT2D eigenvalue weighted by atomic mass is 10.1. The molecule has 0 bridgehead atoms. The summed E-state index contributed by atoms with van der Waals surface area (Å²) in [5, 5.41) is 8.74. The molecule has 1 aliphatic rings. The number of piperazine rings is 1. The van der Waals surface area contributed by atoms with Crippen LogP contribution in [0.2, 0.25) is 0 Å². The van der Waals surface area contributed by atoms with E-state index in [1.54, 1.807) is 12.5 Å². The van der Waals surface area contributed by atoms with Gasteiger partial charge in [-0.3, -0.25) is 9.47 Å². The summed E-state index contributed by atoms with van der Waals surface area (Å²) in [4.78, 5) is 31.1. The van der Waals surface area contributed by atoms with Crippen molar-refractivity contribution in [2.24, 2.45) is 0 Å². The third-order valence-corrected chi connectivity index (χ3v) is 7.29. The standard InChI is InChI=1S/C29H30N8O/c1-20(32-28-30-15-14-27(34-28)37-19-31-24-11-5-6-13-25(24)37)26-18-36(17-16-35(26)2)29(38)33-23-12-7-9-21-8-3-4-10-22(21)23/h3-15,19-20,26H,16-18H2,1-2H3,(H,33,38)(H,30,32,34). The van der Waals surface area contributed by atoms with Gasteiger partial charge in [0.1, 0.15) is 12.1 Å². The maximum Gasteiger partial charge on any atom is 0.321 e. The molecule has 2 N–H and O–H groups in total. The second-order valence-corrected chi connectivity index (χ2v) is 9.73. The molecule has 192 valence electrons. The number of fused-ring (bicyclic) bond motifs is 2. The van der Waals surface area contributed by atoms with Crippen LogP contribution in [-0.2, 0) is 0 Å². The third kappa shape index (κ3) is 4.64. The van der Waals surface area contributed by atoms with Crippen molar-refractivity contribution in [2.75, 3.05) is 37.3 Å². The number of hydrogen-bond donors (Lipinski definition) is 2. The van der Waals surface area contributed by atoms with Crippen molar-refractivity contribution in [1.82, 2.24) is 29.3 Å². The summed E-state index contributed by atoms with van der Waals surface area (Å²) in [7, 11) is 2.09. The van der Waals surface area contributed by atoms with Crippen molar-refractivity contribution < 1.29 is 4.79 Å². The molecular formula is C29H30N8O. The van der Waals surface area contributed by atoms with Crippen molar-refractivity contribution in [3.8, 4) is 5.82 Å². The molecule has 2 atom stereocenters. The number of para-hydroxylation sites is 2. The summed E-state index contributed by atoms with van der Waals surface area (Å²) in [6.45, 7) is 4.14. The van der Waals surface area contributed by atoms with Gasteiger partial charge in [-0.05, 0) is 43.6 Å². The van der Waals surface area contributed by atoms with Crippen molar-refractivity contribution in [3.63, 3.8) is 0 Å². The van der Waals surface area contributed by atoms with Gasteiger partial charge < -0.3 is 15.5 Å². The van der Waals surface area contributed by atoms with Gasteiger partial charge in [-0.15, -0.1) is 0 Å². The second-order valence-electron chi connectivity index (χ2n) is 9.73. The molecule has 3 heterocycles. The highest BCUT2D eigenvalue weighted by Crippen LogP contribution is 2.24. The van der Waals surface area contributed by atoms with Gasteiger partial charge in [0.05, 0.1) is 16.7 Å². The Balaban J connectivity index is 1.16. The fraction of sp³-hybridized carbons (Fsp3) is 0.241. The van der Waals surface area contributed by atoms with E-state index in [0.717, 1.165) is 39.9 Å². The van der Waals surface area contributed by atoms with Crippen molar-refractivity contribution in [3.05, 3.63) is 85.3 Å². The molecule has 6 rings (SSSR count). The highest BCUT2D eigenvalue weighted by molar-refractivity contribution is 6.01. The topological polar surface area (TPSA) is 91.2 Å². The number of hydrogen-bond acceptors (Lipinski definition) is 6. The molecule has 1 aliphatic heterocycles. The summed E-state index contributed by atoms with van der Waals surface area (Å²) in [6, 6.07) is 23.9. The van der Waals surface area contributed by atoms with E-state index in [9.17, 15) is 4.79 Å². The van der Waals surface area contributed by atoms with Crippen LogP contribution in [-0.4, -0.2) is 74.1 Å². The summed E-state index contributed by atoms with van der Waals surface area (Å²) in [5.41, 5.74) is 2.73. The predicted octanol–water partition coefficient (Wildman–Crippen LogP) is 4.62. The van der Waals surface area contributed by atoms with E-state index in [2.05, 4.69) is 51.6 Å². The third-order valence-electron chi connectivity index (χ3n) is 7.29. The summed E-state index contributed by atoms with van der Waals surface area (Å²) in [5.74, 6) is 1.29. The second kappa shape index (κ2) is 10.1. The molecule has 2 unspecified atom stereocenters. The molecule has 5 aromatic rings. The molecule has 0 aliphatic carbocycles. The van der Waals surface area contributed by atoms with E-state index in [1.165, 1.54) is 0 Å². The average molecular weight is 507 g/mol. The molecule has 1 saturated heterocycles. The number of nitrogens with one attached hydrogen (secondary N) is 2. The van der Waals surface area contributed by atoms with Crippen LogP contribution in [0.15, 0.2) is 85.3 Å². The van der Waals surface area contributed by atoms with Crippen molar-refractivity contribution in [1.29, 1.82) is 0 Å². The maximum absolute atomic E-state index is 13.3. The molecule has 2 aromatic heterocycles. The van der Waals surface area contributed by atoms with Gasteiger partial charge in [0.2, 0.25) is 5.95 Å². The van der Waals surface area contributed by atoms with Crippen LogP contribution >= 0.6 is 0 Å². The van der Waals surface area contributed by atoms with Gasteiger partial charge in [0.15, 0.2) is 0 Å². The Bertz CT molecular complexity index is 1590. The lowest BCUT2D eigenvalue weighted by Gasteiger charge is -2.42. The normalized spacial score (nSPS) is 17.0. The minimum Gasteiger partial charge on any atom is -0.350 e. The Hall–Kier alpha value is -4.50. The summed E-state index contributed by atoms with van der Waals surface area (Å²) in [6.07, 6.45) is 3.53. The highest BCUT2D eigenvalue weighted by Gasteiger charge is 2.31. The van der Waals surface area contributed by atoms with Crippen molar-refractivity contribution in [2.45, 2.75) is 19.0 Å². The zero-order chi connectivity index (χ0) is 26.1. The first-order valence-electron chi connectivity index (χ1n) is 12.8. The number of carbonyl (C=O) groups excluding carboxylic acids is 1. The molecule has 2 amide bonds. The van der Waals surface area contributed by atoms with E-state index in [4.69, 9.17) is 4.98 Å². The maximum atomic E-state index is 13.3. The highest BCUT2D eigenvalue weighted by atomic mass is 16.2. The van der Waals surface area contributed by atoms with Crippen molar-refractivity contribution >= 4 is 39.5 Å². The molecule has 0 radical (unpaired) electrons. The number of benzene rings is 3. The number of urea groups is 1. The van der Waals surface area contributed by atoms with E-state index < -0.39 is 0 Å². The van der Waals surface area contributed by atoms with Crippen LogP contribution in [0, 0.1) is 0 Å². The smallest absolute Gasteiger partial charge is 0.321 e. The zero-order valence-electron chi connectivity index (χ0n) is 21.5. The number of imidazole rings is 1. The first kappa shape index (κ1) is 23.9.